The molecule has 2 N–H and O–H groups in total. The Morgan fingerprint density at radius 2 is 0.865 bits per heavy atom. The second kappa shape index (κ2) is 23.4. The van der Waals surface area contributed by atoms with Crippen molar-refractivity contribution in [2.45, 2.75) is 116 Å². The first-order chi connectivity index (χ1) is 17.4. The highest BCUT2D eigenvalue weighted by molar-refractivity contribution is 5.28. The number of unbranched alkanes of at least 4 members (excludes halogenated alkanes) is 15. The Kier molecular flexibility index (Phi) is 22.3. The Bertz CT molecular complexity index is 713. The molecule has 0 fully saturated rings. The number of rotatable bonds is 19. The van der Waals surface area contributed by atoms with E-state index in [-0.39, 0.29) is 23.9 Å². The Morgan fingerprint density at radius 1 is 0.514 bits per heavy atom. The number of phenolic OH excluding ortho intramolecular Hbond substituents is 2. The van der Waals surface area contributed by atoms with Crippen molar-refractivity contribution in [3.05, 3.63) is 60.2 Å². The Morgan fingerprint density at radius 3 is 1.24 bits per heavy atom. The number of halogens is 1. The van der Waals surface area contributed by atoms with Crippen LogP contribution >= 0.6 is 0 Å². The molecule has 2 aromatic rings. The van der Waals surface area contributed by atoms with Crippen molar-refractivity contribution in [2.75, 3.05) is 20.6 Å². The zero-order valence-electron chi connectivity index (χ0n) is 24.1. The van der Waals surface area contributed by atoms with Crippen molar-refractivity contribution >= 4 is 0 Å². The van der Waals surface area contributed by atoms with Crippen molar-refractivity contribution in [3.8, 4) is 11.5 Å². The summed E-state index contributed by atoms with van der Waals surface area (Å²) in [6.07, 6.45) is 23.2. The third-order valence-corrected chi connectivity index (χ3v) is 6.92. The van der Waals surface area contributed by atoms with Crippen LogP contribution in [0.5, 0.6) is 11.5 Å². The molecule has 3 nitrogen and oxygen atoms in total. The second-order valence-corrected chi connectivity index (χ2v) is 11.1. The first-order valence-corrected chi connectivity index (χ1v) is 14.8. The van der Waals surface area contributed by atoms with Crippen molar-refractivity contribution < 1.29 is 27.1 Å². The van der Waals surface area contributed by atoms with Gasteiger partial charge in [-0.05, 0) is 37.1 Å². The van der Waals surface area contributed by atoms with Gasteiger partial charge < -0.3 is 27.1 Å². The molecule has 0 aliphatic rings. The fraction of sp³-hybridized carbons (Fsp3) is 0.636. The van der Waals surface area contributed by atoms with Crippen LogP contribution in [0.3, 0.4) is 0 Å². The van der Waals surface area contributed by atoms with E-state index in [1.165, 1.54) is 139 Å². The van der Waals surface area contributed by atoms with E-state index in [1.54, 1.807) is 0 Å². The summed E-state index contributed by atoms with van der Waals surface area (Å²) in [5.41, 5.74) is 1.46. The van der Waals surface area contributed by atoms with Crippen LogP contribution in [-0.2, 0) is 6.54 Å². The van der Waals surface area contributed by atoms with Crippen LogP contribution in [0.1, 0.15) is 115 Å². The molecule has 0 spiro atoms. The van der Waals surface area contributed by atoms with Gasteiger partial charge in [0.25, 0.3) is 0 Å². The molecule has 0 aliphatic heterocycles. The first-order valence-electron chi connectivity index (χ1n) is 14.8. The van der Waals surface area contributed by atoms with Gasteiger partial charge in [0.2, 0.25) is 0 Å². The highest BCUT2D eigenvalue weighted by Gasteiger charge is 2.14. The topological polar surface area (TPSA) is 40.5 Å². The van der Waals surface area contributed by atoms with Crippen LogP contribution in [0.15, 0.2) is 54.6 Å². The monoisotopic (exact) mass is 533 g/mol. The van der Waals surface area contributed by atoms with Crippen LogP contribution in [-0.4, -0.2) is 35.3 Å². The van der Waals surface area contributed by atoms with Crippen molar-refractivity contribution in [1.29, 1.82) is 0 Å². The highest BCUT2D eigenvalue weighted by Crippen LogP contribution is 2.16. The average Bonchev–Trinajstić information content (AvgIpc) is 2.86. The Balaban J connectivity index is 0.00000122. The minimum Gasteiger partial charge on any atom is -1.00 e. The van der Waals surface area contributed by atoms with Crippen LogP contribution < -0.4 is 12.4 Å². The van der Waals surface area contributed by atoms with Gasteiger partial charge in [0.1, 0.15) is 18.0 Å². The molecular formula is C33H56ClNO2. The van der Waals surface area contributed by atoms with Crippen LogP contribution in [0.2, 0.25) is 0 Å². The van der Waals surface area contributed by atoms with Gasteiger partial charge in [0.15, 0.2) is 0 Å². The fourth-order valence-corrected chi connectivity index (χ4v) is 4.70. The van der Waals surface area contributed by atoms with E-state index in [0.29, 0.717) is 0 Å². The zero-order chi connectivity index (χ0) is 26.3. The number of phenols is 2. The van der Waals surface area contributed by atoms with E-state index in [0.717, 1.165) is 11.0 Å². The van der Waals surface area contributed by atoms with Crippen molar-refractivity contribution in [2.24, 2.45) is 0 Å². The van der Waals surface area contributed by atoms with E-state index < -0.39 is 0 Å². The Hall–Kier alpha value is -1.71. The molecule has 0 radical (unpaired) electrons. The highest BCUT2D eigenvalue weighted by atomic mass is 35.5. The van der Waals surface area contributed by atoms with Crippen molar-refractivity contribution in [3.63, 3.8) is 0 Å². The van der Waals surface area contributed by atoms with Gasteiger partial charge in [-0.2, -0.15) is 0 Å². The van der Waals surface area contributed by atoms with Gasteiger partial charge in [-0.25, -0.2) is 0 Å². The summed E-state index contributed by atoms with van der Waals surface area (Å²) in [6, 6.07) is 16.6. The number of hydrogen-bond acceptors (Lipinski definition) is 2. The van der Waals surface area contributed by atoms with Gasteiger partial charge >= 0.3 is 0 Å². The lowest BCUT2D eigenvalue weighted by atomic mass is 10.0. The van der Waals surface area contributed by atoms with E-state index in [1.807, 2.05) is 0 Å². The minimum absolute atomic E-state index is 0. The lowest BCUT2D eigenvalue weighted by Gasteiger charge is -2.30. The quantitative estimate of drug-likeness (QED) is 0.121. The number of quaternary nitrogens is 1. The zero-order valence-corrected chi connectivity index (χ0v) is 24.9. The van der Waals surface area contributed by atoms with E-state index in [9.17, 15) is 0 Å². The second-order valence-electron chi connectivity index (χ2n) is 11.1. The maximum atomic E-state index is 8.65. The summed E-state index contributed by atoms with van der Waals surface area (Å²) in [5, 5.41) is 17.3. The molecule has 0 saturated heterocycles. The molecule has 0 saturated carbocycles. The van der Waals surface area contributed by atoms with Crippen LogP contribution in [0.25, 0.3) is 0 Å². The summed E-state index contributed by atoms with van der Waals surface area (Å²) < 4.78 is 1.11. The largest absolute Gasteiger partial charge is 1.00 e. The molecule has 0 amide bonds. The molecule has 0 heterocycles. The van der Waals surface area contributed by atoms with Crippen molar-refractivity contribution in [1.82, 2.24) is 0 Å². The maximum Gasteiger partial charge on any atom is 0.115 e. The average molecular weight is 534 g/mol. The third kappa shape index (κ3) is 22.0. The van der Waals surface area contributed by atoms with Gasteiger partial charge in [-0.3, -0.25) is 0 Å². The van der Waals surface area contributed by atoms with E-state index in [4.69, 9.17) is 10.2 Å². The molecule has 212 valence electrons. The summed E-state index contributed by atoms with van der Waals surface area (Å²) in [4.78, 5) is 0. The van der Waals surface area contributed by atoms with Crippen LogP contribution in [0, 0.1) is 0 Å². The molecule has 0 bridgehead atoms. The lowest BCUT2D eigenvalue weighted by molar-refractivity contribution is -0.903. The molecule has 0 aliphatic carbocycles. The molecule has 2 rings (SSSR count). The molecule has 37 heavy (non-hydrogen) atoms. The maximum absolute atomic E-state index is 8.65. The third-order valence-electron chi connectivity index (χ3n) is 6.92. The van der Waals surface area contributed by atoms with Gasteiger partial charge in [0.05, 0.1) is 20.6 Å². The Labute approximate surface area is 235 Å². The van der Waals surface area contributed by atoms with Gasteiger partial charge in [0, 0.05) is 5.56 Å². The lowest BCUT2D eigenvalue weighted by Crippen LogP contribution is -3.00. The SMILES string of the molecule is CCCCCCCCCCCCCCCCCC[N+](C)(C)Cc1ccccc1.Oc1ccc(O)cc1.[Cl-]. The minimum atomic E-state index is 0. The molecule has 0 atom stereocenters. The van der Waals surface area contributed by atoms with Gasteiger partial charge in [-0.1, -0.05) is 127 Å². The summed E-state index contributed by atoms with van der Waals surface area (Å²) in [7, 11) is 4.75. The number of hydrogen-bond donors (Lipinski definition) is 2. The molecular weight excluding hydrogens is 478 g/mol. The first kappa shape index (κ1) is 35.3. The predicted octanol–water partition coefficient (Wildman–Crippen LogP) is 6.63. The summed E-state index contributed by atoms with van der Waals surface area (Å²) in [6.45, 7) is 4.75. The smallest absolute Gasteiger partial charge is 0.115 e. The molecule has 4 heteroatoms. The molecule has 0 aromatic heterocycles. The standard InChI is InChI=1S/C27H50N.C6H6O2.ClH/c1-4-5-6-7-8-9-10-11-12-13-14-15-16-17-18-22-25-28(2,3)26-27-23-20-19-21-24-27;7-5-1-2-6(8)4-3-5;/h19-21,23-24H,4-18,22,25-26H2,1-3H3;1-4,7-8H;1H/q+1;;/p-1. The fourth-order valence-electron chi connectivity index (χ4n) is 4.70. The summed E-state index contributed by atoms with van der Waals surface area (Å²) in [5.74, 6) is 0.339. The summed E-state index contributed by atoms with van der Waals surface area (Å²) >= 11 is 0. The van der Waals surface area contributed by atoms with Crippen LogP contribution in [0.4, 0.5) is 0 Å². The molecule has 2 aromatic carbocycles. The normalized spacial score (nSPS) is 10.9. The van der Waals surface area contributed by atoms with E-state index >= 15 is 0 Å². The number of benzene rings is 2. The van der Waals surface area contributed by atoms with E-state index in [2.05, 4.69) is 51.4 Å². The number of nitrogens with zero attached hydrogens (tertiary/aromatic N) is 1. The predicted molar refractivity (Wildman–Crippen MR) is 156 cm³/mol. The number of aromatic hydroxyl groups is 2. The molecule has 0 unspecified atom stereocenters. The van der Waals surface area contributed by atoms with Gasteiger partial charge in [-0.15, -0.1) is 0 Å².